The van der Waals surface area contributed by atoms with Crippen LogP contribution in [0.5, 0.6) is 0 Å². The Bertz CT molecular complexity index is 478. The molecule has 0 spiro atoms. The van der Waals surface area contributed by atoms with Gasteiger partial charge in [-0.05, 0) is 35.5 Å². The monoisotopic (exact) mass is 290 g/mol. The molecule has 0 aromatic carbocycles. The van der Waals surface area contributed by atoms with Crippen molar-refractivity contribution in [3.8, 4) is 0 Å². The van der Waals surface area contributed by atoms with Crippen LogP contribution >= 0.6 is 0 Å². The minimum atomic E-state index is -0.807. The van der Waals surface area contributed by atoms with E-state index in [-0.39, 0.29) is 0 Å². The maximum atomic E-state index is 13.2. The normalized spacial score (nSPS) is 13.5. The fourth-order valence-corrected chi connectivity index (χ4v) is 1.58. The Balaban J connectivity index is 4.56. The Morgan fingerprint density at radius 1 is 1.00 bits per heavy atom. The molecule has 0 aliphatic heterocycles. The van der Waals surface area contributed by atoms with Gasteiger partial charge < -0.3 is 5.11 Å². The Kier molecular flexibility index (Phi) is 8.37. The zero-order chi connectivity index (χ0) is 16.6. The minimum Gasteiger partial charge on any atom is -0.506 e. The highest BCUT2D eigenvalue weighted by molar-refractivity contribution is 5.46. The molecule has 0 amide bonds. The lowest BCUT2D eigenvalue weighted by Gasteiger charge is -2.13. The number of halogens is 1. The minimum absolute atomic E-state index is 0.390. The van der Waals surface area contributed by atoms with Crippen LogP contribution in [0.1, 0.15) is 33.6 Å². The molecular formula is C19H27FO. The van der Waals surface area contributed by atoms with Crippen LogP contribution < -0.4 is 0 Å². The standard InChI is InChI=1S/C19H27FO/c1-13(2)8-9-14(3)15(4)10-11-16(5)17(6)12-19(20)18(7)21/h10-14,21H,4-9H2,1-3H3/b11-10-,19-12+. The van der Waals surface area contributed by atoms with Crippen molar-refractivity contribution in [1.29, 1.82) is 0 Å². The van der Waals surface area contributed by atoms with Crippen molar-refractivity contribution in [2.45, 2.75) is 33.6 Å². The molecular weight excluding hydrogens is 263 g/mol. The van der Waals surface area contributed by atoms with Crippen molar-refractivity contribution in [2.24, 2.45) is 11.8 Å². The lowest BCUT2D eigenvalue weighted by molar-refractivity contribution is 0.392. The largest absolute Gasteiger partial charge is 0.506 e. The third-order valence-corrected chi connectivity index (χ3v) is 3.30. The fourth-order valence-electron chi connectivity index (χ4n) is 1.58. The van der Waals surface area contributed by atoms with E-state index in [1.807, 2.05) is 6.08 Å². The van der Waals surface area contributed by atoms with Crippen LogP contribution in [0.3, 0.4) is 0 Å². The highest BCUT2D eigenvalue weighted by Crippen LogP contribution is 2.21. The molecule has 0 fully saturated rings. The lowest BCUT2D eigenvalue weighted by atomic mass is 9.93. The molecule has 2 heteroatoms. The van der Waals surface area contributed by atoms with E-state index in [1.54, 1.807) is 6.08 Å². The number of aliphatic hydroxyl groups is 1. The van der Waals surface area contributed by atoms with E-state index in [4.69, 9.17) is 5.11 Å². The van der Waals surface area contributed by atoms with E-state index in [1.165, 1.54) is 0 Å². The summed E-state index contributed by atoms with van der Waals surface area (Å²) in [4.78, 5) is 0. The Hall–Kier alpha value is -1.83. The van der Waals surface area contributed by atoms with Gasteiger partial charge in [0, 0.05) is 0 Å². The van der Waals surface area contributed by atoms with Crippen LogP contribution in [-0.4, -0.2) is 5.11 Å². The molecule has 0 heterocycles. The van der Waals surface area contributed by atoms with Gasteiger partial charge in [0.2, 0.25) is 0 Å². The van der Waals surface area contributed by atoms with E-state index >= 15 is 0 Å². The van der Waals surface area contributed by atoms with Gasteiger partial charge in [0.15, 0.2) is 5.83 Å². The molecule has 0 saturated carbocycles. The first kappa shape index (κ1) is 19.2. The summed E-state index contributed by atoms with van der Waals surface area (Å²) in [5.74, 6) is -0.341. The number of hydrogen-bond donors (Lipinski definition) is 1. The highest BCUT2D eigenvalue weighted by Gasteiger charge is 2.06. The van der Waals surface area contributed by atoms with Gasteiger partial charge in [-0.25, -0.2) is 4.39 Å². The van der Waals surface area contributed by atoms with Crippen LogP contribution in [0.15, 0.2) is 72.8 Å². The number of rotatable bonds is 9. The highest BCUT2D eigenvalue weighted by atomic mass is 19.1. The lowest BCUT2D eigenvalue weighted by Crippen LogP contribution is -1.99. The first-order valence-electron chi connectivity index (χ1n) is 7.15. The molecule has 0 bridgehead atoms. The first-order chi connectivity index (χ1) is 9.65. The molecule has 0 rings (SSSR count). The van der Waals surface area contributed by atoms with E-state index in [9.17, 15) is 4.39 Å². The first-order valence-corrected chi connectivity index (χ1v) is 7.15. The number of aliphatic hydroxyl groups excluding tert-OH is 1. The molecule has 1 unspecified atom stereocenters. The Morgan fingerprint density at radius 2 is 1.57 bits per heavy atom. The van der Waals surface area contributed by atoms with Crippen molar-refractivity contribution in [1.82, 2.24) is 0 Å². The maximum absolute atomic E-state index is 13.2. The summed E-state index contributed by atoms with van der Waals surface area (Å²) in [6, 6.07) is 0. The molecule has 0 aliphatic carbocycles. The van der Waals surface area contributed by atoms with Crippen LogP contribution in [0.2, 0.25) is 0 Å². The van der Waals surface area contributed by atoms with Gasteiger partial charge in [-0.3, -0.25) is 0 Å². The third-order valence-electron chi connectivity index (χ3n) is 3.30. The second-order valence-corrected chi connectivity index (χ2v) is 5.77. The van der Waals surface area contributed by atoms with Gasteiger partial charge in [0.25, 0.3) is 0 Å². The van der Waals surface area contributed by atoms with E-state index in [0.29, 0.717) is 23.0 Å². The van der Waals surface area contributed by atoms with Gasteiger partial charge in [0.05, 0.1) is 0 Å². The molecule has 0 radical (unpaired) electrons. The molecule has 1 N–H and O–H groups in total. The summed E-state index contributed by atoms with van der Waals surface area (Å²) in [7, 11) is 0. The van der Waals surface area contributed by atoms with Crippen molar-refractivity contribution < 1.29 is 9.50 Å². The average molecular weight is 290 g/mol. The molecule has 116 valence electrons. The van der Waals surface area contributed by atoms with Gasteiger partial charge in [-0.2, -0.15) is 0 Å². The predicted molar refractivity (Wildman–Crippen MR) is 90.8 cm³/mol. The predicted octanol–water partition coefficient (Wildman–Crippen LogP) is 6.21. The van der Waals surface area contributed by atoms with E-state index in [2.05, 4.69) is 47.1 Å². The summed E-state index contributed by atoms with van der Waals surface area (Å²) in [6.45, 7) is 21.2. The quantitative estimate of drug-likeness (QED) is 0.395. The second kappa shape index (κ2) is 9.17. The van der Waals surface area contributed by atoms with Gasteiger partial charge in [-0.1, -0.05) is 71.2 Å². The van der Waals surface area contributed by atoms with Crippen molar-refractivity contribution in [2.75, 3.05) is 0 Å². The number of allylic oxidation sites excluding steroid dienone is 7. The van der Waals surface area contributed by atoms with Gasteiger partial charge >= 0.3 is 0 Å². The Morgan fingerprint density at radius 3 is 2.05 bits per heavy atom. The topological polar surface area (TPSA) is 20.2 Å². The van der Waals surface area contributed by atoms with Crippen LogP contribution in [0.25, 0.3) is 0 Å². The number of hydrogen-bond acceptors (Lipinski definition) is 1. The zero-order valence-electron chi connectivity index (χ0n) is 13.5. The van der Waals surface area contributed by atoms with E-state index in [0.717, 1.165) is 24.5 Å². The van der Waals surface area contributed by atoms with E-state index < -0.39 is 11.6 Å². The summed E-state index contributed by atoms with van der Waals surface area (Å²) >= 11 is 0. The van der Waals surface area contributed by atoms with Crippen LogP contribution in [0.4, 0.5) is 4.39 Å². The Labute approximate surface area is 128 Å². The molecule has 1 atom stereocenters. The molecule has 0 saturated heterocycles. The molecule has 0 aromatic rings. The summed E-state index contributed by atoms with van der Waals surface area (Å²) in [6.07, 6.45) is 7.01. The summed E-state index contributed by atoms with van der Waals surface area (Å²) in [5.41, 5.74) is 1.98. The average Bonchev–Trinajstić information content (AvgIpc) is 2.40. The van der Waals surface area contributed by atoms with Crippen molar-refractivity contribution >= 4 is 0 Å². The molecule has 0 aliphatic rings. The second-order valence-electron chi connectivity index (χ2n) is 5.77. The van der Waals surface area contributed by atoms with Crippen molar-refractivity contribution in [3.05, 3.63) is 72.8 Å². The third kappa shape index (κ3) is 8.13. The summed E-state index contributed by atoms with van der Waals surface area (Å²) in [5, 5.41) is 8.91. The molecule has 1 nitrogen and oxygen atoms in total. The van der Waals surface area contributed by atoms with Gasteiger partial charge in [-0.15, -0.1) is 0 Å². The summed E-state index contributed by atoms with van der Waals surface area (Å²) < 4.78 is 13.2. The zero-order valence-corrected chi connectivity index (χ0v) is 13.5. The van der Waals surface area contributed by atoms with Crippen molar-refractivity contribution in [3.63, 3.8) is 0 Å². The smallest absolute Gasteiger partial charge is 0.164 e. The fraction of sp³-hybridized carbons (Fsp3) is 0.368. The van der Waals surface area contributed by atoms with Gasteiger partial charge in [0.1, 0.15) is 5.76 Å². The molecule has 0 aromatic heterocycles. The van der Waals surface area contributed by atoms with Crippen LogP contribution in [-0.2, 0) is 0 Å². The SMILES string of the molecule is C=C(/C=C\C(=C)C(C)CCC(C)C)C(=C)/C=C(/F)C(=C)O. The van der Waals surface area contributed by atoms with Crippen LogP contribution in [0, 0.1) is 11.8 Å². The maximum Gasteiger partial charge on any atom is 0.164 e. The molecule has 21 heavy (non-hydrogen) atoms.